The third kappa shape index (κ3) is 2.58. The van der Waals surface area contributed by atoms with E-state index in [1.54, 1.807) is 29.2 Å². The van der Waals surface area contributed by atoms with Gasteiger partial charge in [0, 0.05) is 63.7 Å². The number of rotatable bonds is 2. The van der Waals surface area contributed by atoms with Crippen LogP contribution in [-0.2, 0) is 11.8 Å². The molecule has 2 saturated heterocycles. The first kappa shape index (κ1) is 16.8. The Labute approximate surface area is 152 Å². The number of aryl methyl sites for hydroxylation is 1. The van der Waals surface area contributed by atoms with E-state index >= 15 is 0 Å². The monoisotopic (exact) mass is 353 g/mol. The van der Waals surface area contributed by atoms with Gasteiger partial charge in [0.05, 0.1) is 11.7 Å². The van der Waals surface area contributed by atoms with Crippen LogP contribution in [0.3, 0.4) is 0 Å². The van der Waals surface area contributed by atoms with E-state index < -0.39 is 0 Å². The third-order valence-corrected chi connectivity index (χ3v) is 6.04. The number of carbonyl (C=O) groups excluding carboxylic acids is 2. The molecule has 2 aromatic rings. The molecule has 0 aromatic carbocycles. The normalized spacial score (nSPS) is 22.2. The van der Waals surface area contributed by atoms with E-state index in [1.807, 2.05) is 36.3 Å². The van der Waals surface area contributed by atoms with Crippen LogP contribution in [0.1, 0.15) is 41.1 Å². The Hall–Kier alpha value is -2.70. The van der Waals surface area contributed by atoms with Crippen LogP contribution < -0.4 is 0 Å². The Kier molecular flexibility index (Phi) is 4.01. The summed E-state index contributed by atoms with van der Waals surface area (Å²) in [5.74, 6) is 0.340. The summed E-state index contributed by atoms with van der Waals surface area (Å²) in [5, 5.41) is 4.29. The Bertz CT molecular complexity index is 823. The second-order valence-corrected chi connectivity index (χ2v) is 7.29. The molecule has 1 atom stereocenters. The minimum Gasteiger partial charge on any atom is -0.339 e. The van der Waals surface area contributed by atoms with Crippen molar-refractivity contribution in [2.24, 2.45) is 7.05 Å². The lowest BCUT2D eigenvalue weighted by atomic mass is 9.74. The maximum Gasteiger partial charge on any atom is 0.253 e. The average Bonchev–Trinajstić information content (AvgIpc) is 3.20. The van der Waals surface area contributed by atoms with Gasteiger partial charge in [0.15, 0.2) is 0 Å². The van der Waals surface area contributed by atoms with Crippen molar-refractivity contribution in [3.8, 4) is 0 Å². The predicted octanol–water partition coefficient (Wildman–Crippen LogP) is 1.44. The van der Waals surface area contributed by atoms with E-state index in [0.29, 0.717) is 25.1 Å². The number of hydrogen-bond acceptors (Lipinski definition) is 4. The summed E-state index contributed by atoms with van der Waals surface area (Å²) in [7, 11) is 3.80. The topological polar surface area (TPSA) is 71.3 Å². The summed E-state index contributed by atoms with van der Waals surface area (Å²) >= 11 is 0. The predicted molar refractivity (Wildman–Crippen MR) is 95.4 cm³/mol. The average molecular weight is 353 g/mol. The highest BCUT2D eigenvalue weighted by Crippen LogP contribution is 2.48. The molecule has 4 rings (SSSR count). The Morgan fingerprint density at radius 1 is 1.19 bits per heavy atom. The van der Waals surface area contributed by atoms with Gasteiger partial charge in [0.2, 0.25) is 5.91 Å². The lowest BCUT2D eigenvalue weighted by Gasteiger charge is -2.46. The minimum atomic E-state index is -0.227. The molecular weight excluding hydrogens is 330 g/mol. The SMILES string of the molecule is CN1C(=O)C[C@H](c2cnn(C)c2)C12CCN(C(=O)c1ccncc1)CC2. The van der Waals surface area contributed by atoms with Crippen LogP contribution in [0.5, 0.6) is 0 Å². The summed E-state index contributed by atoms with van der Waals surface area (Å²) in [6, 6.07) is 3.49. The van der Waals surface area contributed by atoms with Gasteiger partial charge in [0.1, 0.15) is 0 Å². The number of carbonyl (C=O) groups is 2. The van der Waals surface area contributed by atoms with E-state index in [9.17, 15) is 9.59 Å². The molecule has 2 amide bonds. The molecule has 0 bridgehead atoms. The summed E-state index contributed by atoms with van der Waals surface area (Å²) in [6.45, 7) is 1.30. The molecule has 2 aromatic heterocycles. The fourth-order valence-corrected chi connectivity index (χ4v) is 4.49. The number of hydrogen-bond donors (Lipinski definition) is 0. The van der Waals surface area contributed by atoms with Gasteiger partial charge in [-0.15, -0.1) is 0 Å². The van der Waals surface area contributed by atoms with Gasteiger partial charge in [-0.2, -0.15) is 5.10 Å². The van der Waals surface area contributed by atoms with E-state index in [2.05, 4.69) is 10.1 Å². The summed E-state index contributed by atoms with van der Waals surface area (Å²) in [4.78, 5) is 33.0. The van der Waals surface area contributed by atoms with E-state index in [1.165, 1.54) is 0 Å². The van der Waals surface area contributed by atoms with E-state index in [4.69, 9.17) is 0 Å². The first-order valence-corrected chi connectivity index (χ1v) is 8.96. The van der Waals surface area contributed by atoms with Crippen molar-refractivity contribution in [1.29, 1.82) is 0 Å². The van der Waals surface area contributed by atoms with Gasteiger partial charge >= 0.3 is 0 Å². The maximum atomic E-state index is 12.7. The fraction of sp³-hybridized carbons (Fsp3) is 0.474. The highest BCUT2D eigenvalue weighted by atomic mass is 16.2. The molecule has 7 nitrogen and oxygen atoms in total. The van der Waals surface area contributed by atoms with Gasteiger partial charge in [0.25, 0.3) is 5.91 Å². The second kappa shape index (κ2) is 6.23. The lowest BCUT2D eigenvalue weighted by Crippen LogP contribution is -2.55. The van der Waals surface area contributed by atoms with Crippen molar-refractivity contribution in [2.75, 3.05) is 20.1 Å². The number of likely N-dealkylation sites (N-methyl/N-ethyl adjacent to an activating group) is 1. The smallest absolute Gasteiger partial charge is 0.253 e. The molecule has 2 fully saturated rings. The molecule has 136 valence electrons. The lowest BCUT2D eigenvalue weighted by molar-refractivity contribution is -0.130. The molecule has 26 heavy (non-hydrogen) atoms. The largest absolute Gasteiger partial charge is 0.339 e. The molecular formula is C19H23N5O2. The Morgan fingerprint density at radius 2 is 1.88 bits per heavy atom. The summed E-state index contributed by atoms with van der Waals surface area (Å²) < 4.78 is 1.79. The van der Waals surface area contributed by atoms with Crippen LogP contribution >= 0.6 is 0 Å². The van der Waals surface area contributed by atoms with E-state index in [-0.39, 0.29) is 23.3 Å². The molecule has 7 heteroatoms. The van der Waals surface area contributed by atoms with Crippen LogP contribution in [0.2, 0.25) is 0 Å². The number of pyridine rings is 1. The molecule has 2 aliphatic rings. The minimum absolute atomic E-state index is 0.0344. The van der Waals surface area contributed by atoms with Crippen LogP contribution in [-0.4, -0.2) is 62.1 Å². The van der Waals surface area contributed by atoms with Crippen molar-refractivity contribution in [3.05, 3.63) is 48.0 Å². The molecule has 1 spiro atoms. The van der Waals surface area contributed by atoms with Crippen LogP contribution in [0.25, 0.3) is 0 Å². The van der Waals surface area contributed by atoms with Crippen molar-refractivity contribution in [1.82, 2.24) is 24.6 Å². The zero-order chi connectivity index (χ0) is 18.3. The third-order valence-electron chi connectivity index (χ3n) is 6.04. The number of likely N-dealkylation sites (tertiary alicyclic amines) is 2. The van der Waals surface area contributed by atoms with E-state index in [0.717, 1.165) is 18.4 Å². The second-order valence-electron chi connectivity index (χ2n) is 7.29. The molecule has 4 heterocycles. The van der Waals surface area contributed by atoms with Crippen LogP contribution in [0.4, 0.5) is 0 Å². The first-order valence-electron chi connectivity index (χ1n) is 8.96. The number of amides is 2. The molecule has 2 aliphatic heterocycles. The number of piperidine rings is 1. The van der Waals surface area contributed by atoms with Crippen molar-refractivity contribution in [3.63, 3.8) is 0 Å². The molecule has 0 N–H and O–H groups in total. The summed E-state index contributed by atoms with van der Waals surface area (Å²) in [5.41, 5.74) is 1.55. The summed E-state index contributed by atoms with van der Waals surface area (Å²) in [6.07, 6.45) is 9.24. The number of aromatic nitrogens is 3. The molecule has 0 radical (unpaired) electrons. The van der Waals surface area contributed by atoms with Crippen molar-refractivity contribution >= 4 is 11.8 Å². The Morgan fingerprint density at radius 3 is 2.50 bits per heavy atom. The van der Waals surface area contributed by atoms with Gasteiger partial charge in [-0.25, -0.2) is 0 Å². The quantitative estimate of drug-likeness (QED) is 0.819. The zero-order valence-corrected chi connectivity index (χ0v) is 15.1. The standard InChI is InChI=1S/C19H23N5O2/c1-22-13-15(12-21-22)16-11-17(25)23(2)19(16)5-9-24(10-6-19)18(26)14-3-7-20-8-4-14/h3-4,7-8,12-13,16H,5-6,9-11H2,1-2H3/t16-/m1/s1. The van der Waals surface area contributed by atoms with Gasteiger partial charge < -0.3 is 9.80 Å². The van der Waals surface area contributed by atoms with Crippen molar-refractivity contribution < 1.29 is 9.59 Å². The van der Waals surface area contributed by atoms with Gasteiger partial charge in [-0.05, 0) is 30.5 Å². The highest BCUT2D eigenvalue weighted by molar-refractivity contribution is 5.94. The zero-order valence-electron chi connectivity index (χ0n) is 15.1. The highest BCUT2D eigenvalue weighted by Gasteiger charge is 2.53. The molecule has 0 saturated carbocycles. The Balaban J connectivity index is 1.55. The fourth-order valence-electron chi connectivity index (χ4n) is 4.49. The molecule has 0 unspecified atom stereocenters. The van der Waals surface area contributed by atoms with Gasteiger partial charge in [-0.1, -0.05) is 0 Å². The maximum absolute atomic E-state index is 12.7. The number of nitrogens with zero attached hydrogens (tertiary/aromatic N) is 5. The molecule has 0 aliphatic carbocycles. The van der Waals surface area contributed by atoms with Crippen LogP contribution in [0, 0.1) is 0 Å². The van der Waals surface area contributed by atoms with Gasteiger partial charge in [-0.3, -0.25) is 19.3 Å². The first-order chi connectivity index (χ1) is 12.5. The van der Waals surface area contributed by atoms with Crippen LogP contribution in [0.15, 0.2) is 36.9 Å². The van der Waals surface area contributed by atoms with Crippen molar-refractivity contribution in [2.45, 2.75) is 30.7 Å².